The van der Waals surface area contributed by atoms with Gasteiger partial charge in [0.25, 0.3) is 15.9 Å². The third-order valence-electron chi connectivity index (χ3n) is 4.60. The van der Waals surface area contributed by atoms with Crippen LogP contribution in [0.4, 0.5) is 5.69 Å². The second kappa shape index (κ2) is 9.04. The summed E-state index contributed by atoms with van der Waals surface area (Å²) in [5.74, 6) is 0.827. The average Bonchev–Trinajstić information content (AvgIpc) is 3.27. The number of hydrogen-bond donors (Lipinski definition) is 1. The third kappa shape index (κ3) is 5.01. The van der Waals surface area contributed by atoms with Crippen molar-refractivity contribution in [2.75, 3.05) is 18.0 Å². The summed E-state index contributed by atoms with van der Waals surface area (Å²) in [6.07, 6.45) is 1.55. The number of carbonyl (C=O) groups excluding carboxylic acids is 1. The van der Waals surface area contributed by atoms with Crippen LogP contribution in [-0.4, -0.2) is 28.0 Å². The Hall–Kier alpha value is -3.26. The lowest BCUT2D eigenvalue weighted by atomic mass is 10.2. The Kier molecular flexibility index (Phi) is 6.47. The molecule has 1 unspecified atom stereocenters. The molecule has 0 aliphatic carbocycles. The van der Waals surface area contributed by atoms with Crippen LogP contribution in [0.1, 0.15) is 24.3 Å². The molecule has 1 heterocycles. The molecule has 1 aromatic heterocycles. The van der Waals surface area contributed by atoms with Crippen LogP contribution in [0.2, 0.25) is 0 Å². The highest BCUT2D eigenvalue weighted by Crippen LogP contribution is 2.24. The molecule has 0 spiro atoms. The molecular formula is C22H24N2O5S. The number of aryl methyl sites for hydroxylation is 1. The van der Waals surface area contributed by atoms with Crippen molar-refractivity contribution in [3.05, 3.63) is 78.3 Å². The lowest BCUT2D eigenvalue weighted by Crippen LogP contribution is -2.31. The first-order chi connectivity index (χ1) is 14.3. The Bertz CT molecular complexity index is 1080. The highest BCUT2D eigenvalue weighted by atomic mass is 32.2. The summed E-state index contributed by atoms with van der Waals surface area (Å²) < 4.78 is 37.5. The Morgan fingerprint density at radius 2 is 1.77 bits per heavy atom. The molecule has 0 aliphatic heterocycles. The minimum absolute atomic E-state index is 0.165. The minimum Gasteiger partial charge on any atom is -0.484 e. The highest BCUT2D eigenvalue weighted by Gasteiger charge is 2.21. The molecular weight excluding hydrogens is 404 g/mol. The number of benzene rings is 2. The number of furan rings is 1. The van der Waals surface area contributed by atoms with Gasteiger partial charge in [-0.2, -0.15) is 0 Å². The largest absolute Gasteiger partial charge is 0.484 e. The van der Waals surface area contributed by atoms with Gasteiger partial charge in [-0.25, -0.2) is 8.42 Å². The van der Waals surface area contributed by atoms with E-state index in [1.807, 2.05) is 13.8 Å². The lowest BCUT2D eigenvalue weighted by molar-refractivity contribution is -0.123. The van der Waals surface area contributed by atoms with Gasteiger partial charge in [-0.05, 0) is 62.4 Å². The smallest absolute Gasteiger partial charge is 0.264 e. The predicted molar refractivity (Wildman–Crippen MR) is 114 cm³/mol. The molecule has 2 aromatic carbocycles. The number of rotatable bonds is 8. The number of amides is 1. The van der Waals surface area contributed by atoms with E-state index in [9.17, 15) is 13.2 Å². The van der Waals surface area contributed by atoms with Gasteiger partial charge < -0.3 is 14.5 Å². The van der Waals surface area contributed by atoms with Gasteiger partial charge in [0, 0.05) is 7.05 Å². The summed E-state index contributed by atoms with van der Waals surface area (Å²) in [6, 6.07) is 16.5. The van der Waals surface area contributed by atoms with E-state index in [0.717, 1.165) is 5.56 Å². The Morgan fingerprint density at radius 1 is 1.10 bits per heavy atom. The zero-order valence-corrected chi connectivity index (χ0v) is 17.8. The molecule has 1 atom stereocenters. The van der Waals surface area contributed by atoms with Gasteiger partial charge in [-0.1, -0.05) is 17.7 Å². The summed E-state index contributed by atoms with van der Waals surface area (Å²) in [6.45, 7) is 3.55. The number of anilines is 1. The van der Waals surface area contributed by atoms with Crippen molar-refractivity contribution < 1.29 is 22.4 Å². The van der Waals surface area contributed by atoms with E-state index in [2.05, 4.69) is 5.32 Å². The molecule has 0 saturated heterocycles. The summed E-state index contributed by atoms with van der Waals surface area (Å²) in [5, 5.41) is 2.78. The number of hydrogen-bond acceptors (Lipinski definition) is 5. The Morgan fingerprint density at radius 3 is 2.37 bits per heavy atom. The van der Waals surface area contributed by atoms with Crippen LogP contribution in [0.25, 0.3) is 0 Å². The van der Waals surface area contributed by atoms with Crippen molar-refractivity contribution in [1.29, 1.82) is 0 Å². The topological polar surface area (TPSA) is 88.8 Å². The number of carbonyl (C=O) groups is 1. The zero-order chi connectivity index (χ0) is 21.7. The van der Waals surface area contributed by atoms with Crippen molar-refractivity contribution in [2.45, 2.75) is 24.8 Å². The second-order valence-electron chi connectivity index (χ2n) is 6.87. The normalized spacial score (nSPS) is 12.2. The minimum atomic E-state index is -3.66. The summed E-state index contributed by atoms with van der Waals surface area (Å²) in [5.41, 5.74) is 1.47. The van der Waals surface area contributed by atoms with Gasteiger partial charge in [-0.3, -0.25) is 9.10 Å². The summed E-state index contributed by atoms with van der Waals surface area (Å²) >= 11 is 0. The monoisotopic (exact) mass is 428 g/mol. The van der Waals surface area contributed by atoms with Gasteiger partial charge in [0.2, 0.25) is 0 Å². The lowest BCUT2D eigenvalue weighted by Gasteiger charge is -2.20. The van der Waals surface area contributed by atoms with Crippen LogP contribution in [0.15, 0.2) is 76.2 Å². The number of sulfonamides is 1. The molecule has 30 heavy (non-hydrogen) atoms. The first-order valence-corrected chi connectivity index (χ1v) is 10.8. The van der Waals surface area contributed by atoms with Crippen LogP contribution < -0.4 is 14.4 Å². The van der Waals surface area contributed by atoms with Crippen LogP contribution in [0.5, 0.6) is 5.75 Å². The number of nitrogens with one attached hydrogen (secondary N) is 1. The van der Waals surface area contributed by atoms with Crippen LogP contribution >= 0.6 is 0 Å². The molecule has 0 radical (unpaired) electrons. The van der Waals surface area contributed by atoms with Crippen molar-refractivity contribution in [3.8, 4) is 5.75 Å². The SMILES string of the molecule is Cc1ccc(S(=O)(=O)N(C)c2ccc(OCC(=O)NC(C)c3ccco3)cc2)cc1. The zero-order valence-electron chi connectivity index (χ0n) is 17.0. The van der Waals surface area contributed by atoms with E-state index in [4.69, 9.17) is 9.15 Å². The van der Waals surface area contributed by atoms with Crippen molar-refractivity contribution >= 4 is 21.6 Å². The first-order valence-electron chi connectivity index (χ1n) is 9.38. The van der Waals surface area contributed by atoms with E-state index >= 15 is 0 Å². The maximum atomic E-state index is 12.8. The maximum Gasteiger partial charge on any atom is 0.264 e. The van der Waals surface area contributed by atoms with Crippen molar-refractivity contribution in [3.63, 3.8) is 0 Å². The van der Waals surface area contributed by atoms with Crippen LogP contribution in [0.3, 0.4) is 0 Å². The standard InChI is InChI=1S/C22H24N2O5S/c1-16-6-12-20(13-7-16)30(26,27)24(3)18-8-10-19(11-9-18)29-15-22(25)23-17(2)21-5-4-14-28-21/h4-14,17H,15H2,1-3H3,(H,23,25). The molecule has 7 nitrogen and oxygen atoms in total. The molecule has 0 bridgehead atoms. The molecule has 0 aliphatic rings. The molecule has 3 aromatic rings. The molecule has 0 fully saturated rings. The van der Waals surface area contributed by atoms with Gasteiger partial charge in [0.15, 0.2) is 6.61 Å². The third-order valence-corrected chi connectivity index (χ3v) is 6.40. The molecule has 1 amide bonds. The molecule has 1 N–H and O–H groups in total. The predicted octanol–water partition coefficient (Wildman–Crippen LogP) is 3.67. The van der Waals surface area contributed by atoms with Crippen molar-refractivity contribution in [1.82, 2.24) is 5.32 Å². The van der Waals surface area contributed by atoms with Crippen LogP contribution in [0, 0.1) is 6.92 Å². The molecule has 8 heteroatoms. The Labute approximate surface area is 176 Å². The number of nitrogens with zero attached hydrogens (tertiary/aromatic N) is 1. The summed E-state index contributed by atoms with van der Waals surface area (Å²) in [7, 11) is -2.17. The molecule has 3 rings (SSSR count). The summed E-state index contributed by atoms with van der Waals surface area (Å²) in [4.78, 5) is 12.3. The maximum absolute atomic E-state index is 12.8. The van der Waals surface area contributed by atoms with Gasteiger partial charge >= 0.3 is 0 Å². The average molecular weight is 429 g/mol. The van der Waals surface area contributed by atoms with Gasteiger partial charge in [0.05, 0.1) is 22.9 Å². The van der Waals surface area contributed by atoms with Gasteiger partial charge in [-0.15, -0.1) is 0 Å². The van der Waals surface area contributed by atoms with E-state index in [0.29, 0.717) is 17.2 Å². The number of ether oxygens (including phenoxy) is 1. The van der Waals surface area contributed by atoms with Crippen LogP contribution in [-0.2, 0) is 14.8 Å². The molecule has 0 saturated carbocycles. The van der Waals surface area contributed by atoms with E-state index in [1.54, 1.807) is 66.9 Å². The second-order valence-corrected chi connectivity index (χ2v) is 8.84. The van der Waals surface area contributed by atoms with E-state index in [-0.39, 0.29) is 23.5 Å². The fourth-order valence-corrected chi connectivity index (χ4v) is 4.00. The fourth-order valence-electron chi connectivity index (χ4n) is 2.80. The Balaban J connectivity index is 1.59. The molecule has 158 valence electrons. The van der Waals surface area contributed by atoms with E-state index in [1.165, 1.54) is 11.4 Å². The van der Waals surface area contributed by atoms with Gasteiger partial charge in [0.1, 0.15) is 11.5 Å². The highest BCUT2D eigenvalue weighted by molar-refractivity contribution is 7.92. The fraction of sp³-hybridized carbons (Fsp3) is 0.227. The van der Waals surface area contributed by atoms with E-state index < -0.39 is 10.0 Å². The van der Waals surface area contributed by atoms with Crippen molar-refractivity contribution in [2.24, 2.45) is 0 Å². The first kappa shape index (κ1) is 21.4. The quantitative estimate of drug-likeness (QED) is 0.591.